The molecule has 2 aliphatic rings. The van der Waals surface area contributed by atoms with Gasteiger partial charge in [-0.15, -0.1) is 6.58 Å². The molecule has 4 unspecified atom stereocenters. The highest BCUT2D eigenvalue weighted by Gasteiger charge is 2.34. The summed E-state index contributed by atoms with van der Waals surface area (Å²) in [5, 5.41) is 0. The SMILES string of the molecule is C=CCCC1CCC(C2CCC(c3ccc(-c4ccc(OCC)c(F)c4F)c(F)c3F)OC2)CO1. The Hall–Kier alpha value is -2.38. The van der Waals surface area contributed by atoms with E-state index in [2.05, 4.69) is 6.58 Å². The zero-order valence-corrected chi connectivity index (χ0v) is 20.0. The summed E-state index contributed by atoms with van der Waals surface area (Å²) in [6, 6.07) is 5.08. The highest BCUT2D eigenvalue weighted by molar-refractivity contribution is 5.66. The fourth-order valence-corrected chi connectivity index (χ4v) is 5.15. The van der Waals surface area contributed by atoms with Crippen LogP contribution in [0.4, 0.5) is 17.6 Å². The summed E-state index contributed by atoms with van der Waals surface area (Å²) in [4.78, 5) is 0. The third-order valence-electron chi connectivity index (χ3n) is 7.17. The number of rotatable bonds is 8. The molecule has 4 atom stereocenters. The number of allylic oxidation sites excluding steroid dienone is 1. The number of hydrogen-bond acceptors (Lipinski definition) is 3. The van der Waals surface area contributed by atoms with Gasteiger partial charge in [0.05, 0.1) is 32.0 Å². The van der Waals surface area contributed by atoms with E-state index in [-0.39, 0.29) is 35.2 Å². The molecule has 2 aliphatic heterocycles. The highest BCUT2D eigenvalue weighted by atomic mass is 19.2. The Morgan fingerprint density at radius 2 is 1.51 bits per heavy atom. The number of hydrogen-bond donors (Lipinski definition) is 0. The third kappa shape index (κ3) is 5.56. The summed E-state index contributed by atoms with van der Waals surface area (Å²) >= 11 is 0. The van der Waals surface area contributed by atoms with E-state index < -0.39 is 29.4 Å². The number of benzene rings is 2. The minimum atomic E-state index is -1.28. The Kier molecular flexibility index (Phi) is 8.50. The van der Waals surface area contributed by atoms with Crippen LogP contribution in [0.25, 0.3) is 11.1 Å². The molecule has 0 aromatic heterocycles. The van der Waals surface area contributed by atoms with Crippen molar-refractivity contribution in [1.82, 2.24) is 0 Å². The Balaban J connectivity index is 1.41. The van der Waals surface area contributed by atoms with Gasteiger partial charge in [-0.25, -0.2) is 13.2 Å². The van der Waals surface area contributed by atoms with Crippen LogP contribution < -0.4 is 4.74 Å². The van der Waals surface area contributed by atoms with Crippen molar-refractivity contribution in [1.29, 1.82) is 0 Å². The summed E-state index contributed by atoms with van der Waals surface area (Å²) in [6.45, 7) is 6.70. The Bertz CT molecular complexity index is 1030. The predicted octanol–water partition coefficient (Wildman–Crippen LogP) is 7.54. The monoisotopic (exact) mass is 492 g/mol. The lowest BCUT2D eigenvalue weighted by Gasteiger charge is -2.38. The van der Waals surface area contributed by atoms with Crippen LogP contribution in [-0.2, 0) is 9.47 Å². The normalized spacial score (nSPS) is 24.8. The van der Waals surface area contributed by atoms with Crippen molar-refractivity contribution in [3.8, 4) is 16.9 Å². The van der Waals surface area contributed by atoms with E-state index >= 15 is 4.39 Å². The molecular formula is C28H32F4O3. The molecule has 190 valence electrons. The maximum Gasteiger partial charge on any atom is 0.201 e. The quantitative estimate of drug-likeness (QED) is 0.281. The standard InChI is InChI=1S/C28H32F4O3/c1-3-5-6-19-9-7-17(15-34-19)18-8-13-23(35-16-18)22-11-10-20(25(29)27(22)31)21-12-14-24(33-4-2)28(32)26(21)30/h3,10-12,14,17-19,23H,1,4-9,13,15-16H2,2H3. The second kappa shape index (κ2) is 11.6. The van der Waals surface area contributed by atoms with E-state index in [1.165, 1.54) is 24.3 Å². The van der Waals surface area contributed by atoms with Crippen LogP contribution in [0.5, 0.6) is 5.75 Å². The summed E-state index contributed by atoms with van der Waals surface area (Å²) in [7, 11) is 0. The summed E-state index contributed by atoms with van der Waals surface area (Å²) < 4.78 is 75.8. The van der Waals surface area contributed by atoms with Crippen molar-refractivity contribution in [3.05, 3.63) is 65.8 Å². The van der Waals surface area contributed by atoms with E-state index in [4.69, 9.17) is 14.2 Å². The number of ether oxygens (including phenoxy) is 3. The first kappa shape index (κ1) is 25.7. The molecule has 0 spiro atoms. The van der Waals surface area contributed by atoms with E-state index in [1.54, 1.807) is 6.92 Å². The second-order valence-corrected chi connectivity index (χ2v) is 9.32. The van der Waals surface area contributed by atoms with Gasteiger partial charge in [-0.1, -0.05) is 18.2 Å². The van der Waals surface area contributed by atoms with Gasteiger partial charge in [0.2, 0.25) is 5.82 Å². The van der Waals surface area contributed by atoms with Crippen molar-refractivity contribution < 1.29 is 31.8 Å². The lowest BCUT2D eigenvalue weighted by molar-refractivity contribution is -0.0822. The van der Waals surface area contributed by atoms with Gasteiger partial charge in [-0.3, -0.25) is 0 Å². The average Bonchev–Trinajstić information content (AvgIpc) is 2.88. The van der Waals surface area contributed by atoms with Gasteiger partial charge in [-0.05, 0) is 69.4 Å². The highest BCUT2D eigenvalue weighted by Crippen LogP contribution is 2.40. The Morgan fingerprint density at radius 1 is 0.857 bits per heavy atom. The molecule has 0 aliphatic carbocycles. The van der Waals surface area contributed by atoms with Gasteiger partial charge in [0.25, 0.3) is 0 Å². The Labute approximate surface area is 204 Å². The van der Waals surface area contributed by atoms with Crippen molar-refractivity contribution >= 4 is 0 Å². The van der Waals surface area contributed by atoms with Gasteiger partial charge in [0.15, 0.2) is 23.2 Å². The maximum atomic E-state index is 15.0. The molecule has 0 bridgehead atoms. The molecule has 3 nitrogen and oxygen atoms in total. The first-order chi connectivity index (χ1) is 16.9. The van der Waals surface area contributed by atoms with Gasteiger partial charge in [-0.2, -0.15) is 4.39 Å². The summed E-state index contributed by atoms with van der Waals surface area (Å²) in [5.74, 6) is -4.37. The number of halogens is 4. The molecule has 0 radical (unpaired) electrons. The largest absolute Gasteiger partial charge is 0.491 e. The Morgan fingerprint density at radius 3 is 2.11 bits per heavy atom. The van der Waals surface area contributed by atoms with E-state index in [0.29, 0.717) is 31.5 Å². The topological polar surface area (TPSA) is 27.7 Å². The van der Waals surface area contributed by atoms with Crippen molar-refractivity contribution in [3.63, 3.8) is 0 Å². The third-order valence-corrected chi connectivity index (χ3v) is 7.17. The molecule has 2 aromatic rings. The molecule has 4 rings (SSSR count). The van der Waals surface area contributed by atoms with Crippen LogP contribution in [0, 0.1) is 35.1 Å². The molecule has 0 N–H and O–H groups in total. The van der Waals surface area contributed by atoms with Crippen molar-refractivity contribution in [2.75, 3.05) is 19.8 Å². The molecule has 7 heteroatoms. The molecule has 2 fully saturated rings. The van der Waals surface area contributed by atoms with Gasteiger partial charge >= 0.3 is 0 Å². The van der Waals surface area contributed by atoms with Gasteiger partial charge in [0, 0.05) is 16.7 Å². The van der Waals surface area contributed by atoms with E-state index in [1.807, 2.05) is 6.08 Å². The molecule has 2 aromatic carbocycles. The minimum Gasteiger partial charge on any atom is -0.491 e. The van der Waals surface area contributed by atoms with Gasteiger partial charge < -0.3 is 14.2 Å². The first-order valence-corrected chi connectivity index (χ1v) is 12.4. The van der Waals surface area contributed by atoms with Crippen molar-refractivity contribution in [2.24, 2.45) is 11.8 Å². The molecule has 2 saturated heterocycles. The smallest absolute Gasteiger partial charge is 0.201 e. The maximum absolute atomic E-state index is 15.0. The fourth-order valence-electron chi connectivity index (χ4n) is 5.15. The average molecular weight is 493 g/mol. The van der Waals surface area contributed by atoms with Crippen LogP contribution in [0.15, 0.2) is 36.9 Å². The zero-order chi connectivity index (χ0) is 24.9. The predicted molar refractivity (Wildman–Crippen MR) is 126 cm³/mol. The lowest BCUT2D eigenvalue weighted by Crippen LogP contribution is -2.35. The van der Waals surface area contributed by atoms with Crippen LogP contribution in [-0.4, -0.2) is 25.9 Å². The second-order valence-electron chi connectivity index (χ2n) is 9.32. The zero-order valence-electron chi connectivity index (χ0n) is 20.0. The minimum absolute atomic E-state index is 0.0981. The van der Waals surface area contributed by atoms with Crippen LogP contribution in [0.1, 0.15) is 57.1 Å². The summed E-state index contributed by atoms with van der Waals surface area (Å²) in [6.07, 6.45) is 7.03. The summed E-state index contributed by atoms with van der Waals surface area (Å²) in [5.41, 5.74) is -0.604. The lowest BCUT2D eigenvalue weighted by atomic mass is 9.81. The fraction of sp³-hybridized carbons (Fsp3) is 0.500. The molecular weight excluding hydrogens is 460 g/mol. The molecule has 2 heterocycles. The van der Waals surface area contributed by atoms with Crippen LogP contribution in [0.3, 0.4) is 0 Å². The van der Waals surface area contributed by atoms with Crippen molar-refractivity contribution in [2.45, 2.75) is 57.7 Å². The van der Waals surface area contributed by atoms with Crippen LogP contribution in [0.2, 0.25) is 0 Å². The molecule has 0 amide bonds. The van der Waals surface area contributed by atoms with E-state index in [0.717, 1.165) is 32.1 Å². The van der Waals surface area contributed by atoms with E-state index in [9.17, 15) is 13.2 Å². The molecule has 35 heavy (non-hydrogen) atoms. The van der Waals surface area contributed by atoms with Crippen LogP contribution >= 0.6 is 0 Å². The first-order valence-electron chi connectivity index (χ1n) is 12.4. The molecule has 0 saturated carbocycles. The van der Waals surface area contributed by atoms with Gasteiger partial charge in [0.1, 0.15) is 0 Å².